The highest BCUT2D eigenvalue weighted by molar-refractivity contribution is 5.85. The molecule has 76 valence electrons. The molecule has 0 aliphatic heterocycles. The van der Waals surface area contributed by atoms with Crippen LogP contribution in [0.5, 0.6) is 0 Å². The van der Waals surface area contributed by atoms with Gasteiger partial charge in [-0.15, -0.1) is 24.8 Å². The van der Waals surface area contributed by atoms with Crippen molar-refractivity contribution in [1.82, 2.24) is 0 Å². The van der Waals surface area contributed by atoms with Crippen LogP contribution in [0, 0.1) is 11.6 Å². The molecule has 1 aromatic carbocycles. The zero-order chi connectivity index (χ0) is 8.43. The molecular formula is C8H11Cl2F2N. The Morgan fingerprint density at radius 3 is 2.08 bits per heavy atom. The van der Waals surface area contributed by atoms with Crippen LogP contribution in [0.2, 0.25) is 0 Å². The summed E-state index contributed by atoms with van der Waals surface area (Å²) in [5.74, 6) is -1.69. The minimum atomic E-state index is -0.847. The lowest BCUT2D eigenvalue weighted by molar-refractivity contribution is 0.506. The molecule has 0 fully saturated rings. The van der Waals surface area contributed by atoms with Crippen molar-refractivity contribution in [3.8, 4) is 0 Å². The van der Waals surface area contributed by atoms with Crippen molar-refractivity contribution < 1.29 is 8.78 Å². The molecule has 0 aromatic heterocycles. The summed E-state index contributed by atoms with van der Waals surface area (Å²) in [5, 5.41) is 0. The molecule has 5 heteroatoms. The molecule has 0 aliphatic carbocycles. The molecule has 1 atom stereocenters. The first-order chi connectivity index (χ1) is 5.11. The Labute approximate surface area is 88.1 Å². The predicted molar refractivity (Wildman–Crippen MR) is 53.5 cm³/mol. The summed E-state index contributed by atoms with van der Waals surface area (Å²) in [6.07, 6.45) is 0. The van der Waals surface area contributed by atoms with Crippen molar-refractivity contribution in [3.63, 3.8) is 0 Å². The Morgan fingerprint density at radius 1 is 1.15 bits per heavy atom. The van der Waals surface area contributed by atoms with Crippen LogP contribution in [0.1, 0.15) is 18.5 Å². The highest BCUT2D eigenvalue weighted by Crippen LogP contribution is 2.13. The molecule has 1 rings (SSSR count). The van der Waals surface area contributed by atoms with Gasteiger partial charge in [-0.3, -0.25) is 0 Å². The number of hydrogen-bond acceptors (Lipinski definition) is 1. The second kappa shape index (κ2) is 6.13. The minimum Gasteiger partial charge on any atom is -0.324 e. The topological polar surface area (TPSA) is 26.0 Å². The maximum absolute atomic E-state index is 12.5. The summed E-state index contributed by atoms with van der Waals surface area (Å²) in [7, 11) is 0. The largest absolute Gasteiger partial charge is 0.324 e. The van der Waals surface area contributed by atoms with E-state index in [1.54, 1.807) is 6.92 Å². The second-order valence-corrected chi connectivity index (χ2v) is 2.46. The van der Waals surface area contributed by atoms with Crippen LogP contribution < -0.4 is 5.73 Å². The van der Waals surface area contributed by atoms with Crippen LogP contribution in [0.4, 0.5) is 8.78 Å². The van der Waals surface area contributed by atoms with Crippen LogP contribution in [0.15, 0.2) is 18.2 Å². The van der Waals surface area contributed by atoms with E-state index in [0.717, 1.165) is 12.1 Å². The molecular weight excluding hydrogens is 219 g/mol. The van der Waals surface area contributed by atoms with Gasteiger partial charge < -0.3 is 5.73 Å². The van der Waals surface area contributed by atoms with Gasteiger partial charge in [0, 0.05) is 6.04 Å². The van der Waals surface area contributed by atoms with Crippen LogP contribution in [0.25, 0.3) is 0 Å². The Hall–Kier alpha value is -0.380. The number of nitrogens with two attached hydrogens (primary N) is 1. The lowest BCUT2D eigenvalue weighted by Crippen LogP contribution is -2.05. The van der Waals surface area contributed by atoms with E-state index in [2.05, 4.69) is 0 Å². The number of benzene rings is 1. The van der Waals surface area contributed by atoms with E-state index in [1.165, 1.54) is 6.07 Å². The minimum absolute atomic E-state index is 0. The van der Waals surface area contributed by atoms with Gasteiger partial charge in [-0.05, 0) is 24.6 Å². The molecule has 0 aliphatic rings. The van der Waals surface area contributed by atoms with Gasteiger partial charge in [0.25, 0.3) is 0 Å². The lowest BCUT2D eigenvalue weighted by atomic mass is 10.1. The zero-order valence-electron chi connectivity index (χ0n) is 6.96. The fourth-order valence-corrected chi connectivity index (χ4v) is 0.796. The molecule has 0 saturated carbocycles. The lowest BCUT2D eigenvalue weighted by Gasteiger charge is -2.04. The van der Waals surface area contributed by atoms with Gasteiger partial charge in [-0.25, -0.2) is 8.78 Å². The van der Waals surface area contributed by atoms with Crippen molar-refractivity contribution in [2.45, 2.75) is 13.0 Å². The molecule has 0 spiro atoms. The van der Waals surface area contributed by atoms with E-state index in [4.69, 9.17) is 5.73 Å². The maximum atomic E-state index is 12.5. The van der Waals surface area contributed by atoms with E-state index in [-0.39, 0.29) is 30.9 Å². The second-order valence-electron chi connectivity index (χ2n) is 2.46. The summed E-state index contributed by atoms with van der Waals surface area (Å²) in [6.45, 7) is 1.71. The van der Waals surface area contributed by atoms with E-state index in [9.17, 15) is 8.78 Å². The predicted octanol–water partition coefficient (Wildman–Crippen LogP) is 2.83. The van der Waals surface area contributed by atoms with Gasteiger partial charge in [-0.2, -0.15) is 0 Å². The third-order valence-corrected chi connectivity index (χ3v) is 1.47. The first-order valence-corrected chi connectivity index (χ1v) is 3.32. The van der Waals surface area contributed by atoms with E-state index < -0.39 is 11.6 Å². The number of rotatable bonds is 1. The zero-order valence-corrected chi connectivity index (χ0v) is 8.59. The Kier molecular flexibility index (Phi) is 7.13. The molecule has 1 unspecified atom stereocenters. The average Bonchev–Trinajstić information content (AvgIpc) is 1.94. The van der Waals surface area contributed by atoms with Crippen molar-refractivity contribution in [3.05, 3.63) is 35.4 Å². The van der Waals surface area contributed by atoms with Crippen molar-refractivity contribution in [2.24, 2.45) is 5.73 Å². The summed E-state index contributed by atoms with van der Waals surface area (Å²) in [5.41, 5.74) is 6.04. The van der Waals surface area contributed by atoms with Crippen LogP contribution in [0.3, 0.4) is 0 Å². The monoisotopic (exact) mass is 229 g/mol. The fourth-order valence-electron chi connectivity index (χ4n) is 0.796. The Bertz CT molecular complexity index is 266. The Morgan fingerprint density at radius 2 is 1.69 bits per heavy atom. The molecule has 13 heavy (non-hydrogen) atoms. The Balaban J connectivity index is 0. The normalized spacial score (nSPS) is 11.1. The molecule has 0 radical (unpaired) electrons. The molecule has 2 N–H and O–H groups in total. The first-order valence-electron chi connectivity index (χ1n) is 3.32. The molecule has 0 amide bonds. The fraction of sp³-hybridized carbons (Fsp3) is 0.250. The van der Waals surface area contributed by atoms with Gasteiger partial charge >= 0.3 is 0 Å². The molecule has 0 saturated heterocycles. The maximum Gasteiger partial charge on any atom is 0.159 e. The quantitative estimate of drug-likeness (QED) is 0.788. The standard InChI is InChI=1S/C8H9F2N.2ClH/c1-5(11)6-2-3-7(9)8(10)4-6;;/h2-5H,11H2,1H3;2*1H. The van der Waals surface area contributed by atoms with Crippen molar-refractivity contribution in [2.75, 3.05) is 0 Å². The molecule has 0 heterocycles. The van der Waals surface area contributed by atoms with Crippen LogP contribution in [-0.2, 0) is 0 Å². The van der Waals surface area contributed by atoms with E-state index in [0.29, 0.717) is 5.56 Å². The highest BCUT2D eigenvalue weighted by atomic mass is 35.5. The molecule has 1 nitrogen and oxygen atoms in total. The van der Waals surface area contributed by atoms with Crippen LogP contribution in [-0.4, -0.2) is 0 Å². The van der Waals surface area contributed by atoms with E-state index >= 15 is 0 Å². The number of halogens is 4. The first kappa shape index (κ1) is 15.1. The third kappa shape index (κ3) is 3.89. The highest BCUT2D eigenvalue weighted by Gasteiger charge is 2.04. The van der Waals surface area contributed by atoms with Gasteiger partial charge in [0.15, 0.2) is 11.6 Å². The summed E-state index contributed by atoms with van der Waals surface area (Å²) in [6, 6.07) is 3.40. The SMILES string of the molecule is CC(N)c1ccc(F)c(F)c1.Cl.Cl. The average molecular weight is 230 g/mol. The number of hydrogen-bond donors (Lipinski definition) is 1. The molecule has 1 aromatic rings. The van der Waals surface area contributed by atoms with Gasteiger partial charge in [0.05, 0.1) is 0 Å². The summed E-state index contributed by atoms with van der Waals surface area (Å²) >= 11 is 0. The summed E-state index contributed by atoms with van der Waals surface area (Å²) in [4.78, 5) is 0. The summed E-state index contributed by atoms with van der Waals surface area (Å²) < 4.78 is 24.9. The van der Waals surface area contributed by atoms with Gasteiger partial charge in [0.1, 0.15) is 0 Å². The van der Waals surface area contributed by atoms with Crippen molar-refractivity contribution >= 4 is 24.8 Å². The van der Waals surface area contributed by atoms with Crippen molar-refractivity contribution in [1.29, 1.82) is 0 Å². The smallest absolute Gasteiger partial charge is 0.159 e. The van der Waals surface area contributed by atoms with E-state index in [1.807, 2.05) is 0 Å². The third-order valence-electron chi connectivity index (χ3n) is 1.47. The van der Waals surface area contributed by atoms with Gasteiger partial charge in [-0.1, -0.05) is 6.07 Å². The van der Waals surface area contributed by atoms with Gasteiger partial charge in [0.2, 0.25) is 0 Å². The molecule has 0 bridgehead atoms. The van der Waals surface area contributed by atoms with Crippen LogP contribution >= 0.6 is 24.8 Å².